The maximum atomic E-state index is 13.5. The minimum atomic E-state index is -0.322. The first kappa shape index (κ1) is 16.6. The zero-order valence-electron chi connectivity index (χ0n) is 13.5. The van der Waals surface area contributed by atoms with Crippen LogP contribution in [0.2, 0.25) is 0 Å². The summed E-state index contributed by atoms with van der Waals surface area (Å²) < 4.78 is 24.4. The molecule has 0 aliphatic carbocycles. The molecule has 23 heavy (non-hydrogen) atoms. The van der Waals surface area contributed by atoms with Crippen molar-refractivity contribution in [2.24, 2.45) is 0 Å². The second-order valence-electron chi connectivity index (χ2n) is 4.61. The van der Waals surface area contributed by atoms with Crippen molar-refractivity contribution < 1.29 is 13.9 Å². The van der Waals surface area contributed by atoms with Gasteiger partial charge < -0.3 is 14.4 Å². The average molecular weight is 314 g/mol. The molecule has 0 saturated carbocycles. The lowest BCUT2D eigenvalue weighted by Gasteiger charge is -2.32. The van der Waals surface area contributed by atoms with Crippen LogP contribution in [-0.4, -0.2) is 20.3 Å². The van der Waals surface area contributed by atoms with E-state index in [0.29, 0.717) is 35.9 Å². The topological polar surface area (TPSA) is 45.5 Å². The average Bonchev–Trinajstić information content (AvgIpc) is 2.62. The van der Waals surface area contributed by atoms with E-state index in [2.05, 4.69) is 6.07 Å². The van der Waals surface area contributed by atoms with E-state index in [1.807, 2.05) is 18.7 Å². The molecule has 4 nitrogen and oxygen atoms in total. The highest BCUT2D eigenvalue weighted by Crippen LogP contribution is 2.41. The lowest BCUT2D eigenvalue weighted by molar-refractivity contribution is 0.312. The Morgan fingerprint density at radius 3 is 2.65 bits per heavy atom. The van der Waals surface area contributed by atoms with Crippen molar-refractivity contribution in [2.75, 3.05) is 25.2 Å². The summed E-state index contributed by atoms with van der Waals surface area (Å²) in [5, 5.41) is 8.96. The Morgan fingerprint density at radius 2 is 1.96 bits per heavy atom. The maximum absolute atomic E-state index is 13.5. The molecule has 0 radical (unpaired) electrons. The van der Waals surface area contributed by atoms with Crippen molar-refractivity contribution >= 4 is 11.4 Å². The van der Waals surface area contributed by atoms with E-state index in [4.69, 9.17) is 14.7 Å². The van der Waals surface area contributed by atoms with E-state index in [1.54, 1.807) is 31.4 Å². The molecule has 0 spiro atoms. The molecule has 0 N–H and O–H groups in total. The zero-order valence-corrected chi connectivity index (χ0v) is 13.5. The lowest BCUT2D eigenvalue weighted by Crippen LogP contribution is -2.29. The SMILES string of the molecule is CC.COc1cc(C#N)ccc1N1CCOc2ccc(F)cc21. The van der Waals surface area contributed by atoms with Gasteiger partial charge in [0.25, 0.3) is 0 Å². The van der Waals surface area contributed by atoms with Crippen LogP contribution in [0.5, 0.6) is 11.5 Å². The van der Waals surface area contributed by atoms with E-state index >= 15 is 0 Å². The minimum Gasteiger partial charge on any atom is -0.495 e. The largest absolute Gasteiger partial charge is 0.495 e. The van der Waals surface area contributed by atoms with Gasteiger partial charge in [-0.2, -0.15) is 5.26 Å². The molecule has 2 aromatic carbocycles. The van der Waals surface area contributed by atoms with Crippen molar-refractivity contribution in [1.82, 2.24) is 0 Å². The molecule has 1 aliphatic rings. The predicted molar refractivity (Wildman–Crippen MR) is 88.0 cm³/mol. The Hall–Kier alpha value is -2.74. The first-order chi connectivity index (χ1) is 11.2. The van der Waals surface area contributed by atoms with Crippen molar-refractivity contribution in [2.45, 2.75) is 13.8 Å². The summed E-state index contributed by atoms with van der Waals surface area (Å²) in [7, 11) is 1.55. The second-order valence-corrected chi connectivity index (χ2v) is 4.61. The molecule has 0 atom stereocenters. The number of anilines is 2. The molecule has 120 valence electrons. The number of benzene rings is 2. The monoisotopic (exact) mass is 314 g/mol. The number of methoxy groups -OCH3 is 1. The molecule has 0 fully saturated rings. The van der Waals surface area contributed by atoms with Crippen LogP contribution < -0.4 is 14.4 Å². The number of nitriles is 1. The van der Waals surface area contributed by atoms with Gasteiger partial charge in [0.2, 0.25) is 0 Å². The molecule has 0 amide bonds. The normalized spacial score (nSPS) is 12.2. The third kappa shape index (κ3) is 3.37. The van der Waals surface area contributed by atoms with Crippen LogP contribution in [0, 0.1) is 17.1 Å². The van der Waals surface area contributed by atoms with Gasteiger partial charge in [-0.1, -0.05) is 13.8 Å². The number of fused-ring (bicyclic) bond motifs is 1. The second kappa shape index (κ2) is 7.50. The highest BCUT2D eigenvalue weighted by Gasteiger charge is 2.22. The lowest BCUT2D eigenvalue weighted by atomic mass is 10.1. The Bertz CT molecular complexity index is 725. The summed E-state index contributed by atoms with van der Waals surface area (Å²) in [5.41, 5.74) is 1.96. The van der Waals surface area contributed by atoms with Crippen molar-refractivity contribution in [3.63, 3.8) is 0 Å². The standard InChI is InChI=1S/C16H13FN2O2.C2H6/c1-20-16-8-11(10-18)2-4-13(16)19-6-7-21-15-5-3-12(17)9-14(15)19;1-2/h2-5,8-9H,6-7H2,1H3;1-2H3. The fourth-order valence-corrected chi connectivity index (χ4v) is 2.41. The number of rotatable bonds is 2. The van der Waals surface area contributed by atoms with Crippen molar-refractivity contribution in [1.29, 1.82) is 5.26 Å². The van der Waals surface area contributed by atoms with Gasteiger partial charge in [-0.25, -0.2) is 4.39 Å². The highest BCUT2D eigenvalue weighted by atomic mass is 19.1. The van der Waals surface area contributed by atoms with E-state index in [0.717, 1.165) is 5.69 Å². The molecule has 0 aromatic heterocycles. The molecule has 2 aromatic rings. The van der Waals surface area contributed by atoms with Gasteiger partial charge in [0.15, 0.2) is 0 Å². The summed E-state index contributed by atoms with van der Waals surface area (Å²) in [4.78, 5) is 1.93. The van der Waals surface area contributed by atoms with Crippen LogP contribution >= 0.6 is 0 Å². The highest BCUT2D eigenvalue weighted by molar-refractivity contribution is 5.75. The quantitative estimate of drug-likeness (QED) is 0.831. The first-order valence-corrected chi connectivity index (χ1v) is 7.51. The van der Waals surface area contributed by atoms with E-state index in [1.165, 1.54) is 12.1 Å². The van der Waals surface area contributed by atoms with Gasteiger partial charge >= 0.3 is 0 Å². The summed E-state index contributed by atoms with van der Waals surface area (Å²) in [6.45, 7) is 5.08. The van der Waals surface area contributed by atoms with Gasteiger partial charge in [0, 0.05) is 12.1 Å². The zero-order chi connectivity index (χ0) is 16.8. The molecular formula is C18H19FN2O2. The van der Waals surface area contributed by atoms with Crippen molar-refractivity contribution in [3.8, 4) is 17.6 Å². The molecule has 1 heterocycles. The van der Waals surface area contributed by atoms with Gasteiger partial charge in [-0.15, -0.1) is 0 Å². The van der Waals surface area contributed by atoms with Crippen LogP contribution in [0.15, 0.2) is 36.4 Å². The molecule has 0 unspecified atom stereocenters. The van der Waals surface area contributed by atoms with E-state index < -0.39 is 0 Å². The van der Waals surface area contributed by atoms with Gasteiger partial charge in [-0.05, 0) is 24.3 Å². The summed E-state index contributed by atoms with van der Waals surface area (Å²) in [6, 6.07) is 11.7. The molecule has 5 heteroatoms. The Balaban J connectivity index is 0.000000924. The fourth-order valence-electron chi connectivity index (χ4n) is 2.41. The number of halogens is 1. The van der Waals surface area contributed by atoms with Gasteiger partial charge in [0.05, 0.1) is 36.7 Å². The third-order valence-electron chi connectivity index (χ3n) is 3.38. The van der Waals surface area contributed by atoms with Gasteiger partial charge in [-0.3, -0.25) is 0 Å². The number of nitrogens with zero attached hydrogens (tertiary/aromatic N) is 2. The minimum absolute atomic E-state index is 0.322. The summed E-state index contributed by atoms with van der Waals surface area (Å²) in [5.74, 6) is 0.886. The van der Waals surface area contributed by atoms with E-state index in [-0.39, 0.29) is 5.82 Å². The van der Waals surface area contributed by atoms with Crippen molar-refractivity contribution in [3.05, 3.63) is 47.8 Å². The van der Waals surface area contributed by atoms with Crippen LogP contribution in [0.25, 0.3) is 0 Å². The molecule has 0 saturated heterocycles. The predicted octanol–water partition coefficient (Wildman–Crippen LogP) is 4.26. The number of hydrogen-bond acceptors (Lipinski definition) is 4. The summed E-state index contributed by atoms with van der Waals surface area (Å²) >= 11 is 0. The smallest absolute Gasteiger partial charge is 0.143 e. The van der Waals surface area contributed by atoms with Crippen LogP contribution in [0.1, 0.15) is 19.4 Å². The Labute approximate surface area is 135 Å². The van der Waals surface area contributed by atoms with Crippen LogP contribution in [0.4, 0.5) is 15.8 Å². The fraction of sp³-hybridized carbons (Fsp3) is 0.278. The van der Waals surface area contributed by atoms with Gasteiger partial charge in [0.1, 0.15) is 23.9 Å². The molecule has 1 aliphatic heterocycles. The Morgan fingerprint density at radius 1 is 1.17 bits per heavy atom. The maximum Gasteiger partial charge on any atom is 0.143 e. The van der Waals surface area contributed by atoms with Crippen LogP contribution in [0.3, 0.4) is 0 Å². The number of hydrogen-bond donors (Lipinski definition) is 0. The summed E-state index contributed by atoms with van der Waals surface area (Å²) in [6.07, 6.45) is 0. The third-order valence-corrected chi connectivity index (χ3v) is 3.38. The van der Waals surface area contributed by atoms with E-state index in [9.17, 15) is 4.39 Å². The Kier molecular flexibility index (Phi) is 5.42. The first-order valence-electron chi connectivity index (χ1n) is 7.51. The molecule has 0 bridgehead atoms. The molecular weight excluding hydrogens is 295 g/mol. The number of ether oxygens (including phenoxy) is 2. The van der Waals surface area contributed by atoms with Crippen LogP contribution in [-0.2, 0) is 0 Å². The molecule has 3 rings (SSSR count).